The van der Waals surface area contributed by atoms with E-state index in [4.69, 9.17) is 9.97 Å². The lowest BCUT2D eigenvalue weighted by molar-refractivity contribution is 0.859. The second kappa shape index (κ2) is 7.20. The topological polar surface area (TPSA) is 29.0 Å². The number of hydrogen-bond acceptors (Lipinski definition) is 3. The molecule has 3 heteroatoms. The number of aryl methyl sites for hydroxylation is 1. The Morgan fingerprint density at radius 1 is 0.741 bits per heavy atom. The Hall–Kier alpha value is -3.20. The average Bonchev–Trinajstić information content (AvgIpc) is 2.69. The first-order chi connectivity index (χ1) is 13.1. The maximum Gasteiger partial charge on any atom is 0.143 e. The summed E-state index contributed by atoms with van der Waals surface area (Å²) in [5.74, 6) is 1.78. The second-order valence-corrected chi connectivity index (χ2v) is 7.07. The summed E-state index contributed by atoms with van der Waals surface area (Å²) >= 11 is 0. The average molecular weight is 353 g/mol. The molecule has 0 saturated heterocycles. The zero-order valence-electron chi connectivity index (χ0n) is 15.9. The molecular formula is C24H23N3. The van der Waals surface area contributed by atoms with Crippen LogP contribution in [-0.4, -0.2) is 24.1 Å². The number of aromatic nitrogens is 2. The molecule has 0 aliphatic heterocycles. The minimum atomic E-state index is -0.00296. The normalized spacial score (nSPS) is 11.1. The van der Waals surface area contributed by atoms with Gasteiger partial charge in [0.25, 0.3) is 0 Å². The number of anilines is 1. The maximum atomic E-state index is 5.01. The summed E-state index contributed by atoms with van der Waals surface area (Å²) in [5, 5.41) is 1.09. The van der Waals surface area contributed by atoms with Crippen molar-refractivity contribution in [3.63, 3.8) is 0 Å². The predicted molar refractivity (Wildman–Crippen MR) is 112 cm³/mol. The third-order valence-electron chi connectivity index (χ3n) is 4.80. The van der Waals surface area contributed by atoms with E-state index >= 15 is 0 Å². The molecule has 1 heterocycles. The van der Waals surface area contributed by atoms with Gasteiger partial charge in [-0.1, -0.05) is 72.3 Å². The van der Waals surface area contributed by atoms with Crippen molar-refractivity contribution >= 4 is 16.7 Å². The van der Waals surface area contributed by atoms with E-state index in [2.05, 4.69) is 78.6 Å². The molecule has 0 N–H and O–H groups in total. The van der Waals surface area contributed by atoms with Gasteiger partial charge in [0, 0.05) is 19.5 Å². The Balaban J connectivity index is 1.98. The maximum absolute atomic E-state index is 5.01. The molecule has 0 bridgehead atoms. The van der Waals surface area contributed by atoms with Crippen LogP contribution < -0.4 is 4.90 Å². The first-order valence-corrected chi connectivity index (χ1v) is 9.19. The summed E-state index contributed by atoms with van der Waals surface area (Å²) in [6.45, 7) is 2.10. The summed E-state index contributed by atoms with van der Waals surface area (Å²) < 4.78 is 0. The first-order valence-electron chi connectivity index (χ1n) is 9.19. The molecular weight excluding hydrogens is 330 g/mol. The number of benzene rings is 3. The van der Waals surface area contributed by atoms with E-state index in [1.165, 1.54) is 16.7 Å². The highest BCUT2D eigenvalue weighted by Crippen LogP contribution is 2.33. The van der Waals surface area contributed by atoms with E-state index in [9.17, 15) is 0 Å². The number of fused-ring (bicyclic) bond motifs is 1. The van der Waals surface area contributed by atoms with Crippen molar-refractivity contribution in [3.8, 4) is 0 Å². The molecule has 0 aliphatic rings. The molecule has 134 valence electrons. The van der Waals surface area contributed by atoms with Crippen molar-refractivity contribution in [2.75, 3.05) is 19.0 Å². The summed E-state index contributed by atoms with van der Waals surface area (Å²) in [6.07, 6.45) is 0. The minimum Gasteiger partial charge on any atom is -0.362 e. The second-order valence-electron chi connectivity index (χ2n) is 7.07. The molecule has 0 fully saturated rings. The highest BCUT2D eigenvalue weighted by Gasteiger charge is 2.21. The van der Waals surface area contributed by atoms with E-state index < -0.39 is 0 Å². The molecule has 0 spiro atoms. The molecule has 0 radical (unpaired) electrons. The predicted octanol–water partition coefficient (Wildman–Crippen LogP) is 5.18. The van der Waals surface area contributed by atoms with Gasteiger partial charge in [-0.15, -0.1) is 0 Å². The molecule has 0 aliphatic carbocycles. The van der Waals surface area contributed by atoms with Gasteiger partial charge < -0.3 is 4.90 Å². The van der Waals surface area contributed by atoms with Crippen molar-refractivity contribution in [3.05, 3.63) is 101 Å². The van der Waals surface area contributed by atoms with Gasteiger partial charge in [-0.25, -0.2) is 9.97 Å². The smallest absolute Gasteiger partial charge is 0.143 e. The minimum absolute atomic E-state index is 0.00296. The molecule has 3 aromatic carbocycles. The van der Waals surface area contributed by atoms with Gasteiger partial charge in [-0.2, -0.15) is 0 Å². The van der Waals surface area contributed by atoms with Crippen LogP contribution in [0.15, 0.2) is 78.9 Å². The molecule has 3 nitrogen and oxygen atoms in total. The zero-order valence-corrected chi connectivity index (χ0v) is 15.9. The highest BCUT2D eigenvalue weighted by molar-refractivity contribution is 5.90. The fraction of sp³-hybridized carbons (Fsp3) is 0.167. The lowest BCUT2D eigenvalue weighted by Crippen LogP contribution is -2.16. The van der Waals surface area contributed by atoms with Crippen molar-refractivity contribution < 1.29 is 0 Å². The van der Waals surface area contributed by atoms with Crippen molar-refractivity contribution in [2.24, 2.45) is 0 Å². The third kappa shape index (κ3) is 3.41. The Morgan fingerprint density at radius 2 is 1.33 bits per heavy atom. The van der Waals surface area contributed by atoms with Gasteiger partial charge in [0.05, 0.1) is 11.4 Å². The molecule has 1 aromatic heterocycles. The van der Waals surface area contributed by atoms with E-state index in [1.807, 2.05) is 26.2 Å². The van der Waals surface area contributed by atoms with Gasteiger partial charge >= 0.3 is 0 Å². The molecule has 0 saturated carbocycles. The lowest BCUT2D eigenvalue weighted by Gasteiger charge is -2.21. The quantitative estimate of drug-likeness (QED) is 0.506. The van der Waals surface area contributed by atoms with Gasteiger partial charge in [-0.05, 0) is 30.2 Å². The SMILES string of the molecule is Cc1ccc2nc(C(c3ccccc3)c3ccccc3)nc(N(C)C)c2c1. The molecule has 4 aromatic rings. The van der Waals surface area contributed by atoms with Gasteiger partial charge in [0.1, 0.15) is 11.6 Å². The monoisotopic (exact) mass is 353 g/mol. The van der Waals surface area contributed by atoms with Gasteiger partial charge in [0.15, 0.2) is 0 Å². The molecule has 0 amide bonds. The van der Waals surface area contributed by atoms with E-state index in [1.54, 1.807) is 0 Å². The van der Waals surface area contributed by atoms with E-state index in [0.717, 1.165) is 22.5 Å². The molecule has 0 unspecified atom stereocenters. The fourth-order valence-corrected chi connectivity index (χ4v) is 3.50. The van der Waals surface area contributed by atoms with Crippen LogP contribution >= 0.6 is 0 Å². The van der Waals surface area contributed by atoms with Crippen molar-refractivity contribution in [2.45, 2.75) is 12.8 Å². The number of nitrogens with zero attached hydrogens (tertiary/aromatic N) is 3. The Morgan fingerprint density at radius 3 is 1.89 bits per heavy atom. The van der Waals surface area contributed by atoms with Crippen LogP contribution in [0.1, 0.15) is 28.4 Å². The highest BCUT2D eigenvalue weighted by atomic mass is 15.2. The molecule has 27 heavy (non-hydrogen) atoms. The summed E-state index contributed by atoms with van der Waals surface area (Å²) in [5.41, 5.74) is 4.58. The van der Waals surface area contributed by atoms with Crippen LogP contribution in [0.4, 0.5) is 5.82 Å². The largest absolute Gasteiger partial charge is 0.362 e. The van der Waals surface area contributed by atoms with Gasteiger partial charge in [0.2, 0.25) is 0 Å². The zero-order chi connectivity index (χ0) is 18.8. The van der Waals surface area contributed by atoms with Crippen LogP contribution in [0.25, 0.3) is 10.9 Å². The van der Waals surface area contributed by atoms with Crippen LogP contribution in [0.2, 0.25) is 0 Å². The van der Waals surface area contributed by atoms with E-state index in [0.29, 0.717) is 0 Å². The van der Waals surface area contributed by atoms with Crippen LogP contribution in [0.5, 0.6) is 0 Å². The molecule has 4 rings (SSSR count). The first kappa shape index (κ1) is 17.2. The standard InChI is InChI=1S/C24H23N3/c1-17-14-15-21-20(16-17)24(27(2)3)26-23(25-21)22(18-10-6-4-7-11-18)19-12-8-5-9-13-19/h4-16,22H,1-3H3. The fourth-order valence-electron chi connectivity index (χ4n) is 3.50. The number of rotatable bonds is 4. The summed E-state index contributed by atoms with van der Waals surface area (Å²) in [4.78, 5) is 12.1. The van der Waals surface area contributed by atoms with Gasteiger partial charge in [-0.3, -0.25) is 0 Å². The third-order valence-corrected chi connectivity index (χ3v) is 4.80. The Labute approximate surface area is 160 Å². The van der Waals surface area contributed by atoms with Crippen molar-refractivity contribution in [1.29, 1.82) is 0 Å². The van der Waals surface area contributed by atoms with Crippen molar-refractivity contribution in [1.82, 2.24) is 9.97 Å². The summed E-state index contributed by atoms with van der Waals surface area (Å²) in [6, 6.07) is 27.3. The van der Waals surface area contributed by atoms with E-state index in [-0.39, 0.29) is 5.92 Å². The van der Waals surface area contributed by atoms with Crippen LogP contribution in [-0.2, 0) is 0 Å². The summed E-state index contributed by atoms with van der Waals surface area (Å²) in [7, 11) is 4.07. The lowest BCUT2D eigenvalue weighted by atomic mass is 9.90. The van der Waals surface area contributed by atoms with Crippen LogP contribution in [0.3, 0.4) is 0 Å². The van der Waals surface area contributed by atoms with Crippen LogP contribution in [0, 0.1) is 6.92 Å². The Bertz CT molecular complexity index is 1020. The number of hydrogen-bond donors (Lipinski definition) is 0. The Kier molecular flexibility index (Phi) is 4.59. The molecule has 0 atom stereocenters.